The number of rotatable bonds is 3. The Labute approximate surface area is 140 Å². The maximum Gasteiger partial charge on any atom is 0.131 e. The fraction of sp³-hybridized carbons (Fsp3) is 0.105. The molecule has 0 aliphatic rings. The van der Waals surface area contributed by atoms with E-state index >= 15 is 0 Å². The molecule has 0 aliphatic heterocycles. The molecule has 0 bridgehead atoms. The molecule has 0 fully saturated rings. The number of nitriles is 2. The summed E-state index contributed by atoms with van der Waals surface area (Å²) in [4.78, 5) is 0. The Morgan fingerprint density at radius 2 is 1.71 bits per heavy atom. The van der Waals surface area contributed by atoms with Crippen molar-refractivity contribution >= 4 is 6.08 Å². The third kappa shape index (κ3) is 2.84. The first kappa shape index (κ1) is 15.3. The van der Waals surface area contributed by atoms with Crippen molar-refractivity contribution in [3.8, 4) is 23.5 Å². The molecule has 0 N–H and O–H groups in total. The minimum Gasteiger partial charge on any atom is -0.317 e. The number of benzene rings is 1. The Kier molecular flexibility index (Phi) is 4.01. The highest BCUT2D eigenvalue weighted by Gasteiger charge is 2.06. The van der Waals surface area contributed by atoms with Crippen LogP contribution < -0.4 is 0 Å². The molecule has 2 aromatic heterocycles. The predicted octanol–water partition coefficient (Wildman–Crippen LogP) is 3.71. The summed E-state index contributed by atoms with van der Waals surface area (Å²) in [6, 6.07) is 17.5. The molecule has 0 radical (unpaired) electrons. The molecule has 2 heterocycles. The molecular weight excluding hydrogens is 298 g/mol. The van der Waals surface area contributed by atoms with E-state index in [9.17, 15) is 0 Å². The van der Waals surface area contributed by atoms with Gasteiger partial charge in [-0.05, 0) is 62.4 Å². The van der Waals surface area contributed by atoms with Crippen LogP contribution in [0.3, 0.4) is 0 Å². The molecule has 1 aromatic carbocycles. The van der Waals surface area contributed by atoms with Gasteiger partial charge in [-0.3, -0.25) is 0 Å². The van der Waals surface area contributed by atoms with Crippen LogP contribution in [0, 0.1) is 36.5 Å². The van der Waals surface area contributed by atoms with Crippen LogP contribution in [0.25, 0.3) is 17.5 Å². The Hall–Kier alpha value is -3.57. The molecule has 3 aromatic rings. The number of aryl methyl sites for hydroxylation is 2. The van der Waals surface area contributed by atoms with Crippen LogP contribution in [0.15, 0.2) is 54.2 Å². The maximum absolute atomic E-state index is 8.92. The SMILES string of the molecule is Cc1cc(C)n(-c2ccc(-n3cccc3C=C(C#N)C#N)cc2)n1. The van der Waals surface area contributed by atoms with Gasteiger partial charge in [-0.2, -0.15) is 15.6 Å². The molecule has 0 spiro atoms. The zero-order valence-electron chi connectivity index (χ0n) is 13.4. The maximum atomic E-state index is 8.92. The minimum absolute atomic E-state index is 0.0780. The van der Waals surface area contributed by atoms with Gasteiger partial charge in [-0.15, -0.1) is 0 Å². The van der Waals surface area contributed by atoms with Gasteiger partial charge in [0, 0.05) is 23.3 Å². The zero-order chi connectivity index (χ0) is 17.1. The highest BCUT2D eigenvalue weighted by atomic mass is 15.3. The number of aromatic nitrogens is 3. The molecular formula is C19H15N5. The first-order valence-corrected chi connectivity index (χ1v) is 7.45. The molecule has 0 aliphatic carbocycles. The average molecular weight is 313 g/mol. The minimum atomic E-state index is 0.0780. The second-order valence-electron chi connectivity index (χ2n) is 5.44. The van der Waals surface area contributed by atoms with Gasteiger partial charge in [0.15, 0.2) is 0 Å². The van der Waals surface area contributed by atoms with Crippen LogP contribution in [-0.2, 0) is 0 Å². The standard InChI is InChI=1S/C19H15N5/c1-14-10-15(2)24(22-14)18-7-5-17(6-8-18)23-9-3-4-19(23)11-16(12-20)13-21/h3-11H,1-2H3. The lowest BCUT2D eigenvalue weighted by Gasteiger charge is -2.09. The van der Waals surface area contributed by atoms with E-state index in [1.165, 1.54) is 0 Å². The molecule has 0 saturated carbocycles. The highest BCUT2D eigenvalue weighted by Crippen LogP contribution is 2.18. The van der Waals surface area contributed by atoms with Crippen LogP contribution in [0.1, 0.15) is 17.1 Å². The Balaban J connectivity index is 1.97. The quantitative estimate of drug-likeness (QED) is 0.692. The third-order valence-corrected chi connectivity index (χ3v) is 3.70. The number of hydrogen-bond donors (Lipinski definition) is 0. The van der Waals surface area contributed by atoms with E-state index in [4.69, 9.17) is 10.5 Å². The molecule has 0 unspecified atom stereocenters. The number of allylic oxidation sites excluding steroid dienone is 1. The summed E-state index contributed by atoms with van der Waals surface area (Å²) in [7, 11) is 0. The monoisotopic (exact) mass is 313 g/mol. The largest absolute Gasteiger partial charge is 0.317 e. The number of nitrogens with zero attached hydrogens (tertiary/aromatic N) is 5. The van der Waals surface area contributed by atoms with Crippen molar-refractivity contribution in [1.82, 2.24) is 14.3 Å². The Morgan fingerprint density at radius 3 is 2.29 bits per heavy atom. The van der Waals surface area contributed by atoms with Crippen LogP contribution in [0.4, 0.5) is 0 Å². The van der Waals surface area contributed by atoms with Gasteiger partial charge in [-0.1, -0.05) is 0 Å². The van der Waals surface area contributed by atoms with Crippen LogP contribution >= 0.6 is 0 Å². The smallest absolute Gasteiger partial charge is 0.131 e. The van der Waals surface area contributed by atoms with E-state index in [-0.39, 0.29) is 5.57 Å². The van der Waals surface area contributed by atoms with Crippen molar-refractivity contribution in [2.45, 2.75) is 13.8 Å². The topological polar surface area (TPSA) is 70.3 Å². The fourth-order valence-corrected chi connectivity index (χ4v) is 2.63. The summed E-state index contributed by atoms with van der Waals surface area (Å²) in [5, 5.41) is 22.3. The van der Waals surface area contributed by atoms with E-state index in [0.29, 0.717) is 0 Å². The van der Waals surface area contributed by atoms with Crippen molar-refractivity contribution in [3.63, 3.8) is 0 Å². The Bertz CT molecular complexity index is 972. The molecule has 3 rings (SSSR count). The molecule has 0 saturated heterocycles. The van der Waals surface area contributed by atoms with Crippen LogP contribution in [0.5, 0.6) is 0 Å². The molecule has 5 heteroatoms. The molecule has 5 nitrogen and oxygen atoms in total. The van der Waals surface area contributed by atoms with E-state index in [1.807, 2.05) is 83.9 Å². The van der Waals surface area contributed by atoms with Crippen molar-refractivity contribution in [1.29, 1.82) is 10.5 Å². The van der Waals surface area contributed by atoms with Crippen molar-refractivity contribution in [2.75, 3.05) is 0 Å². The van der Waals surface area contributed by atoms with Crippen molar-refractivity contribution < 1.29 is 0 Å². The van der Waals surface area contributed by atoms with E-state index in [1.54, 1.807) is 6.08 Å². The van der Waals surface area contributed by atoms with Gasteiger partial charge in [-0.25, -0.2) is 4.68 Å². The fourth-order valence-electron chi connectivity index (χ4n) is 2.63. The second-order valence-corrected chi connectivity index (χ2v) is 5.44. The molecule has 0 atom stereocenters. The van der Waals surface area contributed by atoms with Gasteiger partial charge in [0.25, 0.3) is 0 Å². The summed E-state index contributed by atoms with van der Waals surface area (Å²) in [6.45, 7) is 3.99. The summed E-state index contributed by atoms with van der Waals surface area (Å²) in [6.07, 6.45) is 3.48. The van der Waals surface area contributed by atoms with Gasteiger partial charge < -0.3 is 4.57 Å². The van der Waals surface area contributed by atoms with E-state index < -0.39 is 0 Å². The first-order valence-electron chi connectivity index (χ1n) is 7.45. The summed E-state index contributed by atoms with van der Waals surface area (Å²) in [5.74, 6) is 0. The Morgan fingerprint density at radius 1 is 1.04 bits per heavy atom. The summed E-state index contributed by atoms with van der Waals surface area (Å²) in [5.41, 5.74) is 4.86. The van der Waals surface area contributed by atoms with Gasteiger partial charge in [0.1, 0.15) is 17.7 Å². The average Bonchev–Trinajstić information content (AvgIpc) is 3.18. The van der Waals surface area contributed by atoms with Gasteiger partial charge in [0.05, 0.1) is 11.4 Å². The lowest BCUT2D eigenvalue weighted by molar-refractivity contribution is 0.833. The second kappa shape index (κ2) is 6.28. The van der Waals surface area contributed by atoms with Gasteiger partial charge in [0.2, 0.25) is 0 Å². The zero-order valence-corrected chi connectivity index (χ0v) is 13.4. The van der Waals surface area contributed by atoms with Crippen molar-refractivity contribution in [2.24, 2.45) is 0 Å². The first-order chi connectivity index (χ1) is 11.6. The lowest BCUT2D eigenvalue weighted by atomic mass is 10.2. The van der Waals surface area contributed by atoms with E-state index in [2.05, 4.69) is 5.10 Å². The van der Waals surface area contributed by atoms with Gasteiger partial charge >= 0.3 is 0 Å². The molecule has 0 amide bonds. The lowest BCUT2D eigenvalue weighted by Crippen LogP contribution is -2.00. The third-order valence-electron chi connectivity index (χ3n) is 3.70. The van der Waals surface area contributed by atoms with Crippen molar-refractivity contribution in [3.05, 3.63) is 71.3 Å². The molecule has 116 valence electrons. The van der Waals surface area contributed by atoms with E-state index in [0.717, 1.165) is 28.5 Å². The highest BCUT2D eigenvalue weighted by molar-refractivity contribution is 5.62. The summed E-state index contributed by atoms with van der Waals surface area (Å²) < 4.78 is 3.83. The normalized spacial score (nSPS) is 10.0. The summed E-state index contributed by atoms with van der Waals surface area (Å²) >= 11 is 0. The molecule has 24 heavy (non-hydrogen) atoms. The van der Waals surface area contributed by atoms with Crippen LogP contribution in [-0.4, -0.2) is 14.3 Å². The van der Waals surface area contributed by atoms with Crippen LogP contribution in [0.2, 0.25) is 0 Å². The number of hydrogen-bond acceptors (Lipinski definition) is 3. The predicted molar refractivity (Wildman–Crippen MR) is 91.6 cm³/mol.